The van der Waals surface area contributed by atoms with Crippen molar-refractivity contribution in [3.8, 4) is 0 Å². The normalized spacial score (nSPS) is 15.5. The van der Waals surface area contributed by atoms with Crippen LogP contribution in [0.25, 0.3) is 21.1 Å². The standard InChI is InChI=1S/C27H22F2N4OS/c28-21-5-3-6-22(29)20(21)13-30-18-8-9-19-24(11-18)35-26-25(19)27(34)33(15-32-26)14-16-10-17-4-1-2-7-23(17)31-12-16/h1-7,10,12,15,18,30H,8-9,11,13-14H2/t18-/m1/s1. The zero-order chi connectivity index (χ0) is 23.9. The first-order chi connectivity index (χ1) is 17.1. The van der Waals surface area contributed by atoms with Crippen LogP contribution < -0.4 is 10.9 Å². The van der Waals surface area contributed by atoms with E-state index in [0.29, 0.717) is 18.4 Å². The van der Waals surface area contributed by atoms with Crippen molar-refractivity contribution >= 4 is 32.5 Å². The minimum atomic E-state index is -0.540. The quantitative estimate of drug-likeness (QED) is 0.379. The smallest absolute Gasteiger partial charge is 0.262 e. The number of benzene rings is 2. The average molecular weight is 489 g/mol. The molecule has 6 rings (SSSR count). The van der Waals surface area contributed by atoms with Crippen molar-refractivity contribution in [1.82, 2.24) is 19.9 Å². The van der Waals surface area contributed by atoms with Gasteiger partial charge in [0, 0.05) is 34.6 Å². The first kappa shape index (κ1) is 22.0. The zero-order valence-corrected chi connectivity index (χ0v) is 19.6. The topological polar surface area (TPSA) is 59.8 Å². The Morgan fingerprint density at radius 3 is 2.77 bits per heavy atom. The molecule has 0 amide bonds. The van der Waals surface area contributed by atoms with Crippen LogP contribution in [0.15, 0.2) is 65.8 Å². The maximum atomic E-state index is 14.0. The van der Waals surface area contributed by atoms with Crippen molar-refractivity contribution in [2.45, 2.75) is 38.4 Å². The Labute approximate surface area is 204 Å². The summed E-state index contributed by atoms with van der Waals surface area (Å²) in [5, 5.41) is 5.02. The van der Waals surface area contributed by atoms with Crippen molar-refractivity contribution in [2.75, 3.05) is 0 Å². The molecule has 3 heterocycles. The van der Waals surface area contributed by atoms with E-state index < -0.39 is 11.6 Å². The number of pyridine rings is 1. The summed E-state index contributed by atoms with van der Waals surface area (Å²) in [5.74, 6) is -1.08. The number of hydrogen-bond acceptors (Lipinski definition) is 5. The van der Waals surface area contributed by atoms with Gasteiger partial charge in [-0.3, -0.25) is 14.3 Å². The fourth-order valence-corrected chi connectivity index (χ4v) is 6.09. The van der Waals surface area contributed by atoms with Gasteiger partial charge in [0.15, 0.2) is 0 Å². The minimum Gasteiger partial charge on any atom is -0.309 e. The van der Waals surface area contributed by atoms with Gasteiger partial charge in [-0.25, -0.2) is 13.8 Å². The molecule has 0 saturated carbocycles. The molecule has 5 nitrogen and oxygen atoms in total. The van der Waals surface area contributed by atoms with E-state index in [2.05, 4.69) is 21.4 Å². The van der Waals surface area contributed by atoms with Crippen molar-refractivity contribution in [2.24, 2.45) is 0 Å². The fourth-order valence-electron chi connectivity index (χ4n) is 4.84. The second kappa shape index (κ2) is 8.94. The molecule has 0 bridgehead atoms. The van der Waals surface area contributed by atoms with Gasteiger partial charge in [-0.05, 0) is 54.7 Å². The van der Waals surface area contributed by atoms with Crippen LogP contribution in [0.4, 0.5) is 8.78 Å². The van der Waals surface area contributed by atoms with Gasteiger partial charge in [0.1, 0.15) is 16.5 Å². The molecule has 1 N–H and O–H groups in total. The van der Waals surface area contributed by atoms with Crippen molar-refractivity contribution in [3.05, 3.63) is 105 Å². The lowest BCUT2D eigenvalue weighted by molar-refractivity contribution is 0.445. The average Bonchev–Trinajstić information content (AvgIpc) is 3.24. The molecule has 3 aromatic heterocycles. The van der Waals surface area contributed by atoms with Crippen LogP contribution in [0, 0.1) is 11.6 Å². The van der Waals surface area contributed by atoms with E-state index in [-0.39, 0.29) is 23.7 Å². The lowest BCUT2D eigenvalue weighted by Crippen LogP contribution is -2.34. The molecule has 5 aromatic rings. The second-order valence-electron chi connectivity index (χ2n) is 8.92. The monoisotopic (exact) mass is 488 g/mol. The van der Waals surface area contributed by atoms with Crippen molar-refractivity contribution in [3.63, 3.8) is 0 Å². The third kappa shape index (κ3) is 4.13. The molecule has 1 aliphatic rings. The molecule has 2 aromatic carbocycles. The lowest BCUT2D eigenvalue weighted by Gasteiger charge is -2.23. The number of halogens is 2. The van der Waals surface area contributed by atoms with E-state index in [9.17, 15) is 13.6 Å². The molecule has 0 aliphatic heterocycles. The number of aryl methyl sites for hydroxylation is 1. The summed E-state index contributed by atoms with van der Waals surface area (Å²) >= 11 is 1.54. The highest BCUT2D eigenvalue weighted by Gasteiger charge is 2.25. The first-order valence-corrected chi connectivity index (χ1v) is 12.4. The van der Waals surface area contributed by atoms with E-state index in [1.165, 1.54) is 29.5 Å². The number of nitrogens with one attached hydrogen (secondary N) is 1. The highest BCUT2D eigenvalue weighted by Crippen LogP contribution is 2.34. The molecule has 0 unspecified atom stereocenters. The maximum absolute atomic E-state index is 14.0. The van der Waals surface area contributed by atoms with Crippen LogP contribution in [0.5, 0.6) is 0 Å². The van der Waals surface area contributed by atoms with Gasteiger partial charge in [-0.15, -0.1) is 11.3 Å². The van der Waals surface area contributed by atoms with Gasteiger partial charge < -0.3 is 5.32 Å². The maximum Gasteiger partial charge on any atom is 0.262 e. The number of rotatable bonds is 5. The van der Waals surface area contributed by atoms with E-state index in [1.807, 2.05) is 24.3 Å². The molecule has 35 heavy (non-hydrogen) atoms. The van der Waals surface area contributed by atoms with Crippen LogP contribution >= 0.6 is 11.3 Å². The zero-order valence-electron chi connectivity index (χ0n) is 18.8. The van der Waals surface area contributed by atoms with E-state index in [1.54, 1.807) is 17.1 Å². The Hall–Kier alpha value is -3.49. The van der Waals surface area contributed by atoms with Gasteiger partial charge in [-0.2, -0.15) is 0 Å². The van der Waals surface area contributed by atoms with Crippen LogP contribution in [-0.2, 0) is 25.9 Å². The SMILES string of the molecule is O=c1c2c3c(sc2ncn1Cc1cnc2ccccc2c1)C[C@H](NCc1c(F)cccc1F)CC3. The Balaban J connectivity index is 1.24. The van der Waals surface area contributed by atoms with Gasteiger partial charge in [0.25, 0.3) is 5.56 Å². The third-order valence-corrected chi connectivity index (χ3v) is 7.83. The third-order valence-electron chi connectivity index (χ3n) is 6.67. The van der Waals surface area contributed by atoms with Crippen LogP contribution in [0.3, 0.4) is 0 Å². The number of nitrogens with zero attached hydrogens (tertiary/aromatic N) is 3. The van der Waals surface area contributed by atoms with Crippen LogP contribution in [0.2, 0.25) is 0 Å². The summed E-state index contributed by atoms with van der Waals surface area (Å²) in [6, 6.07) is 14.0. The number of thiophene rings is 1. The molecular weight excluding hydrogens is 466 g/mol. The van der Waals surface area contributed by atoms with Crippen LogP contribution in [0.1, 0.15) is 28.0 Å². The predicted octanol–water partition coefficient (Wildman–Crippen LogP) is 4.98. The molecule has 0 spiro atoms. The minimum absolute atomic E-state index is 0.0412. The summed E-state index contributed by atoms with van der Waals surface area (Å²) in [5.41, 5.74) is 2.94. The van der Waals surface area contributed by atoms with Crippen LogP contribution in [-0.4, -0.2) is 20.6 Å². The van der Waals surface area contributed by atoms with E-state index in [4.69, 9.17) is 0 Å². The predicted molar refractivity (Wildman–Crippen MR) is 134 cm³/mol. The number of aromatic nitrogens is 3. The highest BCUT2D eigenvalue weighted by atomic mass is 32.1. The molecule has 1 aliphatic carbocycles. The molecule has 8 heteroatoms. The highest BCUT2D eigenvalue weighted by molar-refractivity contribution is 7.18. The molecule has 0 radical (unpaired) electrons. The summed E-state index contributed by atoms with van der Waals surface area (Å²) in [6.07, 6.45) is 5.64. The molecule has 176 valence electrons. The second-order valence-corrected chi connectivity index (χ2v) is 10.0. The van der Waals surface area contributed by atoms with Gasteiger partial charge in [-0.1, -0.05) is 24.3 Å². The summed E-state index contributed by atoms with van der Waals surface area (Å²) in [4.78, 5) is 24.4. The Morgan fingerprint density at radius 1 is 1.09 bits per heavy atom. The summed E-state index contributed by atoms with van der Waals surface area (Å²) < 4.78 is 29.6. The fraction of sp³-hybridized carbons (Fsp3) is 0.222. The number of hydrogen-bond donors (Lipinski definition) is 1. The number of fused-ring (bicyclic) bond motifs is 4. The van der Waals surface area contributed by atoms with Gasteiger partial charge in [0.05, 0.1) is 23.8 Å². The Morgan fingerprint density at radius 2 is 1.91 bits per heavy atom. The Bertz CT molecular complexity index is 1610. The molecule has 0 fully saturated rings. The van der Waals surface area contributed by atoms with E-state index >= 15 is 0 Å². The Kier molecular flexibility index (Phi) is 5.62. The van der Waals surface area contributed by atoms with Crippen molar-refractivity contribution in [1.29, 1.82) is 0 Å². The largest absolute Gasteiger partial charge is 0.309 e. The molecule has 1 atom stereocenters. The first-order valence-electron chi connectivity index (χ1n) is 11.6. The summed E-state index contributed by atoms with van der Waals surface area (Å²) in [6.45, 7) is 0.539. The van der Waals surface area contributed by atoms with Gasteiger partial charge in [0.2, 0.25) is 0 Å². The lowest BCUT2D eigenvalue weighted by atomic mass is 9.93. The summed E-state index contributed by atoms with van der Waals surface area (Å²) in [7, 11) is 0. The van der Waals surface area contributed by atoms with E-state index in [0.717, 1.165) is 44.6 Å². The van der Waals surface area contributed by atoms with Crippen molar-refractivity contribution < 1.29 is 8.78 Å². The molecular formula is C27H22F2N4OS. The molecule has 0 saturated heterocycles. The van der Waals surface area contributed by atoms with Gasteiger partial charge >= 0.3 is 0 Å². The number of para-hydroxylation sites is 1.